The molecule has 1 amide bonds. The highest BCUT2D eigenvalue weighted by Crippen LogP contribution is 2.25. The Morgan fingerprint density at radius 3 is 2.48 bits per heavy atom. The zero-order valence-corrected chi connectivity index (χ0v) is 22.7. The fraction of sp³-hybridized carbons (Fsp3) is 0.680. The quantitative estimate of drug-likeness (QED) is 0.336. The van der Waals surface area contributed by atoms with E-state index in [1.165, 1.54) is 11.1 Å². The number of nitrogens with zero attached hydrogens (tertiary/aromatic N) is 4. The highest BCUT2D eigenvalue weighted by atomic mass is 127. The number of amides is 1. The molecule has 1 aromatic carbocycles. The Bertz CT molecular complexity index is 817. The highest BCUT2D eigenvalue weighted by molar-refractivity contribution is 14.0. The first-order valence-electron chi connectivity index (χ1n) is 12.2. The number of halogens is 1. The number of benzene rings is 1. The van der Waals surface area contributed by atoms with E-state index in [9.17, 15) is 4.79 Å². The van der Waals surface area contributed by atoms with Gasteiger partial charge in [0, 0.05) is 58.0 Å². The van der Waals surface area contributed by atoms with Crippen LogP contribution in [0.1, 0.15) is 44.7 Å². The summed E-state index contributed by atoms with van der Waals surface area (Å²) in [6, 6.07) is 8.79. The Labute approximate surface area is 215 Å². The van der Waals surface area contributed by atoms with Crippen LogP contribution in [0, 0.1) is 0 Å². The summed E-state index contributed by atoms with van der Waals surface area (Å²) in [5.74, 6) is 1.12. The van der Waals surface area contributed by atoms with Crippen molar-refractivity contribution in [3.05, 3.63) is 35.4 Å². The van der Waals surface area contributed by atoms with Crippen LogP contribution < -0.4 is 5.32 Å². The van der Waals surface area contributed by atoms with Crippen molar-refractivity contribution in [2.75, 3.05) is 52.4 Å². The van der Waals surface area contributed by atoms with Gasteiger partial charge in [0.2, 0.25) is 0 Å². The normalized spacial score (nSPS) is 22.0. The lowest BCUT2D eigenvalue weighted by atomic mass is 9.94. The van der Waals surface area contributed by atoms with Gasteiger partial charge in [-0.2, -0.15) is 0 Å². The van der Waals surface area contributed by atoms with Crippen molar-refractivity contribution in [1.82, 2.24) is 20.0 Å². The predicted molar refractivity (Wildman–Crippen MR) is 143 cm³/mol. The van der Waals surface area contributed by atoms with Gasteiger partial charge in [0.25, 0.3) is 5.91 Å². The van der Waals surface area contributed by atoms with Crippen molar-refractivity contribution in [2.45, 2.75) is 58.2 Å². The van der Waals surface area contributed by atoms with E-state index in [4.69, 9.17) is 9.73 Å². The zero-order valence-electron chi connectivity index (χ0n) is 20.4. The molecule has 3 aliphatic heterocycles. The topological polar surface area (TPSA) is 60.4 Å². The average Bonchev–Trinajstić information content (AvgIpc) is 3.36. The van der Waals surface area contributed by atoms with Gasteiger partial charge in [-0.1, -0.05) is 24.3 Å². The van der Waals surface area contributed by atoms with Crippen molar-refractivity contribution in [3.8, 4) is 0 Å². The molecule has 0 aromatic heterocycles. The van der Waals surface area contributed by atoms with Gasteiger partial charge in [-0.05, 0) is 51.2 Å². The molecule has 184 valence electrons. The third kappa shape index (κ3) is 6.39. The van der Waals surface area contributed by atoms with Crippen LogP contribution in [0.25, 0.3) is 0 Å². The first-order valence-corrected chi connectivity index (χ1v) is 12.2. The summed E-state index contributed by atoms with van der Waals surface area (Å²) >= 11 is 0. The van der Waals surface area contributed by atoms with E-state index in [2.05, 4.69) is 60.2 Å². The number of nitrogens with one attached hydrogen (secondary N) is 1. The molecule has 0 bridgehead atoms. The number of hydrogen-bond acceptors (Lipinski definition) is 4. The summed E-state index contributed by atoms with van der Waals surface area (Å²) in [5, 5.41) is 3.47. The fourth-order valence-electron chi connectivity index (χ4n) is 4.92. The second-order valence-electron chi connectivity index (χ2n) is 9.74. The van der Waals surface area contributed by atoms with E-state index < -0.39 is 0 Å². The van der Waals surface area contributed by atoms with E-state index in [1.807, 2.05) is 4.90 Å². The van der Waals surface area contributed by atoms with Crippen LogP contribution in [0.3, 0.4) is 0 Å². The molecule has 4 rings (SSSR count). The maximum atomic E-state index is 12.7. The number of carbonyl (C=O) groups is 1. The van der Waals surface area contributed by atoms with E-state index in [1.54, 1.807) is 0 Å². The third-order valence-corrected chi connectivity index (χ3v) is 7.03. The van der Waals surface area contributed by atoms with Crippen LogP contribution in [0.2, 0.25) is 0 Å². The number of fused-ring (bicyclic) bond motifs is 1. The lowest BCUT2D eigenvalue weighted by Gasteiger charge is -2.41. The standard InChI is InChI=1S/C25H39N5O2.HI/c1-4-26-24(29-15-13-28(14-16-29)23(31)22-10-7-17-32-22)27-19-25(2,3)30-12-11-20-8-5-6-9-21(20)18-30;/h5-6,8-9,22H,4,7,10-19H2,1-3H3,(H,26,27);1H. The minimum Gasteiger partial charge on any atom is -0.368 e. The van der Waals surface area contributed by atoms with E-state index in [0.717, 1.165) is 77.6 Å². The van der Waals surface area contributed by atoms with Crippen LogP contribution in [0.4, 0.5) is 0 Å². The molecule has 3 aliphatic rings. The molecule has 7 nitrogen and oxygen atoms in total. The molecule has 0 spiro atoms. The van der Waals surface area contributed by atoms with Crippen molar-refractivity contribution >= 4 is 35.8 Å². The van der Waals surface area contributed by atoms with Crippen LogP contribution in [0.5, 0.6) is 0 Å². The van der Waals surface area contributed by atoms with Gasteiger partial charge in [-0.15, -0.1) is 24.0 Å². The molecule has 2 fully saturated rings. The van der Waals surface area contributed by atoms with Gasteiger partial charge < -0.3 is 19.9 Å². The molecule has 1 unspecified atom stereocenters. The molecule has 3 heterocycles. The molecule has 33 heavy (non-hydrogen) atoms. The van der Waals surface area contributed by atoms with Gasteiger partial charge >= 0.3 is 0 Å². The number of rotatable bonds is 5. The Hall–Kier alpha value is -1.39. The molecule has 1 N–H and O–H groups in total. The summed E-state index contributed by atoms with van der Waals surface area (Å²) in [7, 11) is 0. The van der Waals surface area contributed by atoms with Gasteiger partial charge in [0.1, 0.15) is 6.10 Å². The first-order chi connectivity index (χ1) is 15.5. The Kier molecular flexibility index (Phi) is 9.41. The van der Waals surface area contributed by atoms with Gasteiger partial charge in [0.05, 0.1) is 6.54 Å². The lowest BCUT2D eigenvalue weighted by Crippen LogP contribution is -2.56. The molecule has 1 aromatic rings. The largest absolute Gasteiger partial charge is 0.368 e. The zero-order chi connectivity index (χ0) is 22.6. The van der Waals surface area contributed by atoms with E-state index >= 15 is 0 Å². The molecule has 0 radical (unpaired) electrons. The fourth-order valence-corrected chi connectivity index (χ4v) is 4.92. The maximum Gasteiger partial charge on any atom is 0.251 e. The molecule has 2 saturated heterocycles. The number of hydrogen-bond donors (Lipinski definition) is 1. The Morgan fingerprint density at radius 2 is 1.82 bits per heavy atom. The van der Waals surface area contributed by atoms with Crippen LogP contribution in [-0.2, 0) is 22.5 Å². The number of aliphatic imine (C=N–C) groups is 1. The number of piperazine rings is 1. The number of guanidine groups is 1. The molecule has 1 atom stereocenters. The second kappa shape index (κ2) is 11.8. The predicted octanol–water partition coefficient (Wildman–Crippen LogP) is 2.73. The maximum absolute atomic E-state index is 12.7. The van der Waals surface area contributed by atoms with Gasteiger partial charge in [-0.25, -0.2) is 0 Å². The summed E-state index contributed by atoms with van der Waals surface area (Å²) in [6.07, 6.45) is 2.73. The smallest absolute Gasteiger partial charge is 0.251 e. The van der Waals surface area contributed by atoms with Crippen LogP contribution >= 0.6 is 24.0 Å². The van der Waals surface area contributed by atoms with Crippen molar-refractivity contribution < 1.29 is 9.53 Å². The monoisotopic (exact) mass is 569 g/mol. The first kappa shape index (κ1) is 26.2. The highest BCUT2D eigenvalue weighted by Gasteiger charge is 2.32. The molecular formula is C25H40IN5O2. The Balaban J connectivity index is 0.00000306. The van der Waals surface area contributed by atoms with Gasteiger partial charge in [0.15, 0.2) is 5.96 Å². The SMILES string of the molecule is CCNC(=NCC(C)(C)N1CCc2ccccc2C1)N1CCN(C(=O)C2CCCO2)CC1.I. The van der Waals surface area contributed by atoms with Gasteiger partial charge in [-0.3, -0.25) is 14.7 Å². The molecule has 0 saturated carbocycles. The summed E-state index contributed by atoms with van der Waals surface area (Å²) in [6.45, 7) is 14.1. The minimum atomic E-state index is -0.223. The average molecular weight is 570 g/mol. The molecule has 0 aliphatic carbocycles. The van der Waals surface area contributed by atoms with Crippen molar-refractivity contribution in [2.24, 2.45) is 4.99 Å². The van der Waals surface area contributed by atoms with Crippen molar-refractivity contribution in [3.63, 3.8) is 0 Å². The van der Waals surface area contributed by atoms with Crippen LogP contribution in [0.15, 0.2) is 29.3 Å². The lowest BCUT2D eigenvalue weighted by molar-refractivity contribution is -0.142. The molecule has 8 heteroatoms. The van der Waals surface area contributed by atoms with Crippen molar-refractivity contribution in [1.29, 1.82) is 0 Å². The summed E-state index contributed by atoms with van der Waals surface area (Å²) in [5.41, 5.74) is 2.90. The second-order valence-corrected chi connectivity index (χ2v) is 9.74. The summed E-state index contributed by atoms with van der Waals surface area (Å²) in [4.78, 5) is 24.5. The third-order valence-electron chi connectivity index (χ3n) is 7.03. The number of carbonyl (C=O) groups excluding carboxylic acids is 1. The Morgan fingerprint density at radius 1 is 1.12 bits per heavy atom. The summed E-state index contributed by atoms with van der Waals surface area (Å²) < 4.78 is 5.59. The van der Waals surface area contributed by atoms with E-state index in [0.29, 0.717) is 6.61 Å². The molecular weight excluding hydrogens is 529 g/mol. The van der Waals surface area contributed by atoms with Crippen LogP contribution in [-0.4, -0.2) is 90.6 Å². The number of ether oxygens (including phenoxy) is 1. The van der Waals surface area contributed by atoms with E-state index in [-0.39, 0.29) is 41.5 Å². The minimum absolute atomic E-state index is 0.